The van der Waals surface area contributed by atoms with Gasteiger partial charge in [-0.3, -0.25) is 0 Å². The van der Waals surface area contributed by atoms with Crippen LogP contribution >= 0.6 is 0 Å². The van der Waals surface area contributed by atoms with E-state index in [0.717, 1.165) is 40.4 Å². The summed E-state index contributed by atoms with van der Waals surface area (Å²) in [5.41, 5.74) is 1.55. The molecule has 6 rings (SSSR count). The van der Waals surface area contributed by atoms with Crippen LogP contribution in [0.3, 0.4) is 0 Å². The predicted molar refractivity (Wildman–Crippen MR) is 120 cm³/mol. The van der Waals surface area contributed by atoms with Gasteiger partial charge in [0.05, 0.1) is 0 Å². The maximum atomic E-state index is 2.39. The van der Waals surface area contributed by atoms with Crippen molar-refractivity contribution in [2.45, 2.75) is 135 Å². The average Bonchev–Trinajstić information content (AvgIpc) is 2.65. The van der Waals surface area contributed by atoms with Crippen molar-refractivity contribution in [2.24, 2.45) is 40.4 Å². The van der Waals surface area contributed by atoms with Gasteiger partial charge >= 0.3 is 0 Å². The lowest BCUT2D eigenvalue weighted by Crippen LogP contribution is -2.57. The number of hydrogen-bond donors (Lipinski definition) is 0. The third-order valence-electron chi connectivity index (χ3n) is 10.9. The summed E-state index contributed by atoms with van der Waals surface area (Å²) in [5, 5.41) is 0. The standard InChI is InChI=1S/C28H48/c1-2-3-10-22-11-9-12-26(18-22)28(13-7-5-4-6-8-14-28)27-19-23-15-24(20-27)17-25(16-23)21-27/h22-26H,2-21H2,1H3. The highest BCUT2D eigenvalue weighted by molar-refractivity contribution is 5.11. The molecule has 0 radical (unpaired) electrons. The fraction of sp³-hybridized carbons (Fsp3) is 1.00. The minimum absolute atomic E-state index is 0.758. The zero-order valence-electron chi connectivity index (χ0n) is 19.0. The molecule has 2 unspecified atom stereocenters. The van der Waals surface area contributed by atoms with Crippen molar-refractivity contribution in [3.8, 4) is 0 Å². The van der Waals surface area contributed by atoms with Gasteiger partial charge in [-0.2, -0.15) is 0 Å². The molecule has 0 N–H and O–H groups in total. The Morgan fingerprint density at radius 3 is 1.89 bits per heavy atom. The van der Waals surface area contributed by atoms with Crippen molar-refractivity contribution in [3.05, 3.63) is 0 Å². The molecule has 0 aromatic heterocycles. The van der Waals surface area contributed by atoms with Gasteiger partial charge in [-0.15, -0.1) is 0 Å². The minimum atomic E-state index is 0.758. The second-order valence-corrected chi connectivity index (χ2v) is 12.5. The summed E-state index contributed by atoms with van der Waals surface area (Å²) in [6, 6.07) is 0. The van der Waals surface area contributed by atoms with Gasteiger partial charge in [0.25, 0.3) is 0 Å². The van der Waals surface area contributed by atoms with E-state index < -0.39 is 0 Å². The minimum Gasteiger partial charge on any atom is -0.0654 e. The molecule has 28 heavy (non-hydrogen) atoms. The van der Waals surface area contributed by atoms with E-state index in [-0.39, 0.29) is 0 Å². The topological polar surface area (TPSA) is 0 Å². The Morgan fingerprint density at radius 1 is 0.679 bits per heavy atom. The van der Waals surface area contributed by atoms with E-state index >= 15 is 0 Å². The van der Waals surface area contributed by atoms with Gasteiger partial charge in [0, 0.05) is 0 Å². The molecule has 0 aromatic carbocycles. The molecule has 0 saturated heterocycles. The Hall–Kier alpha value is 0. The molecule has 0 spiro atoms. The molecule has 2 atom stereocenters. The first-order valence-electron chi connectivity index (χ1n) is 13.7. The van der Waals surface area contributed by atoms with Crippen LogP contribution in [0.15, 0.2) is 0 Å². The summed E-state index contributed by atoms with van der Waals surface area (Å²) in [5.74, 6) is 5.57. The van der Waals surface area contributed by atoms with E-state index in [4.69, 9.17) is 0 Å². The second-order valence-electron chi connectivity index (χ2n) is 12.5. The van der Waals surface area contributed by atoms with Gasteiger partial charge in [0.2, 0.25) is 0 Å². The van der Waals surface area contributed by atoms with Crippen LogP contribution in [0.5, 0.6) is 0 Å². The molecule has 0 nitrogen and oxygen atoms in total. The molecule has 0 amide bonds. The zero-order chi connectivity index (χ0) is 19.0. The highest BCUT2D eigenvalue weighted by Gasteiger charge is 2.61. The number of unbranched alkanes of at least 4 members (excludes halogenated alkanes) is 1. The van der Waals surface area contributed by atoms with Crippen LogP contribution in [0, 0.1) is 40.4 Å². The molecular formula is C28H48. The fourth-order valence-electron chi connectivity index (χ4n) is 10.2. The molecule has 0 aliphatic heterocycles. The van der Waals surface area contributed by atoms with Crippen molar-refractivity contribution in [2.75, 3.05) is 0 Å². The SMILES string of the molecule is CCCCC1CCCC(C2(C34CC5CC(CC(C5)C3)C4)CCCCCCC2)C1. The third-order valence-corrected chi connectivity index (χ3v) is 10.9. The Kier molecular flexibility index (Phi) is 5.88. The van der Waals surface area contributed by atoms with Gasteiger partial charge in [0.15, 0.2) is 0 Å². The first-order valence-corrected chi connectivity index (χ1v) is 13.7. The highest BCUT2D eigenvalue weighted by Crippen LogP contribution is 2.71. The van der Waals surface area contributed by atoms with E-state index in [1.54, 1.807) is 109 Å². The van der Waals surface area contributed by atoms with Crippen LogP contribution in [-0.2, 0) is 0 Å². The molecule has 0 aromatic rings. The van der Waals surface area contributed by atoms with E-state index in [1.165, 1.54) is 19.3 Å². The normalized spacial score (nSPS) is 45.5. The zero-order valence-corrected chi connectivity index (χ0v) is 19.0. The van der Waals surface area contributed by atoms with E-state index in [0.29, 0.717) is 0 Å². The summed E-state index contributed by atoms with van der Waals surface area (Å²) in [6.45, 7) is 2.39. The number of rotatable bonds is 5. The highest BCUT2D eigenvalue weighted by atomic mass is 14.7. The van der Waals surface area contributed by atoms with Crippen LogP contribution in [0.25, 0.3) is 0 Å². The average molecular weight is 385 g/mol. The Balaban J connectivity index is 1.45. The molecule has 6 aliphatic carbocycles. The van der Waals surface area contributed by atoms with Crippen LogP contribution in [-0.4, -0.2) is 0 Å². The summed E-state index contributed by atoms with van der Waals surface area (Å²) in [7, 11) is 0. The Labute approximate surface area is 176 Å². The van der Waals surface area contributed by atoms with Crippen LogP contribution < -0.4 is 0 Å². The molecule has 160 valence electrons. The predicted octanol–water partition coefficient (Wildman–Crippen LogP) is 8.93. The molecule has 6 aliphatic rings. The van der Waals surface area contributed by atoms with Crippen molar-refractivity contribution in [1.82, 2.24) is 0 Å². The first-order chi connectivity index (χ1) is 13.7. The molecule has 0 heteroatoms. The van der Waals surface area contributed by atoms with E-state index in [2.05, 4.69) is 6.92 Å². The van der Waals surface area contributed by atoms with Crippen molar-refractivity contribution >= 4 is 0 Å². The first kappa shape index (κ1) is 19.9. The van der Waals surface area contributed by atoms with Crippen molar-refractivity contribution in [3.63, 3.8) is 0 Å². The largest absolute Gasteiger partial charge is 0.0654 e. The maximum Gasteiger partial charge on any atom is -0.0212 e. The van der Waals surface area contributed by atoms with Crippen LogP contribution in [0.4, 0.5) is 0 Å². The van der Waals surface area contributed by atoms with Gasteiger partial charge in [-0.25, -0.2) is 0 Å². The van der Waals surface area contributed by atoms with Crippen molar-refractivity contribution in [1.29, 1.82) is 0 Å². The van der Waals surface area contributed by atoms with Gasteiger partial charge in [-0.05, 0) is 105 Å². The Morgan fingerprint density at radius 2 is 1.29 bits per heavy atom. The smallest absolute Gasteiger partial charge is 0.0212 e. The van der Waals surface area contributed by atoms with Gasteiger partial charge in [-0.1, -0.05) is 71.1 Å². The Bertz CT molecular complexity index is 473. The second kappa shape index (κ2) is 8.26. The monoisotopic (exact) mass is 384 g/mol. The summed E-state index contributed by atoms with van der Waals surface area (Å²) in [6.07, 6.45) is 31.7. The lowest BCUT2D eigenvalue weighted by molar-refractivity contribution is -0.171. The molecule has 4 bridgehead atoms. The molecule has 0 heterocycles. The lowest BCUT2D eigenvalue weighted by Gasteiger charge is -2.67. The van der Waals surface area contributed by atoms with E-state index in [9.17, 15) is 0 Å². The maximum absolute atomic E-state index is 2.39. The molecule has 6 fully saturated rings. The van der Waals surface area contributed by atoms with Crippen LogP contribution in [0.2, 0.25) is 0 Å². The molecular weight excluding hydrogens is 336 g/mol. The summed E-state index contributed by atoms with van der Waals surface area (Å²) >= 11 is 0. The lowest BCUT2D eigenvalue weighted by atomic mass is 9.38. The third kappa shape index (κ3) is 3.51. The number of hydrogen-bond acceptors (Lipinski definition) is 0. The molecule has 6 saturated carbocycles. The van der Waals surface area contributed by atoms with Gasteiger partial charge < -0.3 is 0 Å². The van der Waals surface area contributed by atoms with E-state index in [1.807, 2.05) is 0 Å². The fourth-order valence-corrected chi connectivity index (χ4v) is 10.2. The summed E-state index contributed by atoms with van der Waals surface area (Å²) in [4.78, 5) is 0. The van der Waals surface area contributed by atoms with Crippen molar-refractivity contribution < 1.29 is 0 Å². The summed E-state index contributed by atoms with van der Waals surface area (Å²) < 4.78 is 0. The van der Waals surface area contributed by atoms with Gasteiger partial charge in [0.1, 0.15) is 0 Å². The van der Waals surface area contributed by atoms with Crippen LogP contribution in [0.1, 0.15) is 135 Å². The quantitative estimate of drug-likeness (QED) is 0.443.